The number of amides is 3. The van der Waals surface area contributed by atoms with Gasteiger partial charge >= 0.3 is 12.1 Å². The predicted octanol–water partition coefficient (Wildman–Crippen LogP) is 4.02. The Bertz CT molecular complexity index is 1130. The second kappa shape index (κ2) is 17.8. The number of carbonyl (C=O) groups is 4. The molecule has 0 unspecified atom stereocenters. The number of rotatable bonds is 18. The van der Waals surface area contributed by atoms with Crippen molar-refractivity contribution in [3.8, 4) is 0 Å². The molecule has 2 aromatic carbocycles. The molecule has 1 heterocycles. The SMILES string of the molecule is CC(C)C[C@H](NC(=O)[C@H]1O[C@@H]1C(=O)OCc1ccccc1)C(=O)NCCCCCCCNC(=O)OCc1ccccc1. The summed E-state index contributed by atoms with van der Waals surface area (Å²) >= 11 is 0. The molecule has 1 aliphatic rings. The van der Waals surface area contributed by atoms with E-state index in [2.05, 4.69) is 16.0 Å². The second-order valence-electron chi connectivity index (χ2n) is 10.8. The van der Waals surface area contributed by atoms with Crippen LogP contribution in [-0.2, 0) is 41.8 Å². The smallest absolute Gasteiger partial charge is 0.407 e. The summed E-state index contributed by atoms with van der Waals surface area (Å²) in [6.45, 7) is 5.36. The number of benzene rings is 2. The van der Waals surface area contributed by atoms with Gasteiger partial charge in [-0.3, -0.25) is 9.59 Å². The number of carbonyl (C=O) groups excluding carboxylic acids is 4. The standard InChI is InChI=1S/C32H43N3O7/c1-23(2)20-26(35-30(37)27-28(42-27)31(38)40-21-24-14-8-6-9-15-24)29(36)33-18-12-4-3-5-13-19-34-32(39)41-22-25-16-10-7-11-17-25/h6-11,14-17,23,26-28H,3-5,12-13,18-22H2,1-2H3,(H,33,36)(H,34,39)(H,35,37)/t26-,27-,28-/m0/s1. The highest BCUT2D eigenvalue weighted by atomic mass is 16.6. The van der Waals surface area contributed by atoms with Crippen LogP contribution in [0.3, 0.4) is 0 Å². The van der Waals surface area contributed by atoms with E-state index in [9.17, 15) is 19.2 Å². The molecule has 3 N–H and O–H groups in total. The molecule has 228 valence electrons. The molecule has 0 radical (unpaired) electrons. The summed E-state index contributed by atoms with van der Waals surface area (Å²) in [5.74, 6) is -1.16. The van der Waals surface area contributed by atoms with Gasteiger partial charge in [-0.05, 0) is 36.3 Å². The number of alkyl carbamates (subject to hydrolysis) is 1. The normalized spacial score (nSPS) is 16.3. The Labute approximate surface area is 247 Å². The summed E-state index contributed by atoms with van der Waals surface area (Å²) in [6, 6.07) is 18.1. The Morgan fingerprint density at radius 3 is 1.88 bits per heavy atom. The number of ether oxygens (including phenoxy) is 3. The van der Waals surface area contributed by atoms with Crippen molar-refractivity contribution in [2.45, 2.75) is 83.8 Å². The fourth-order valence-electron chi connectivity index (χ4n) is 4.34. The lowest BCUT2D eigenvalue weighted by Gasteiger charge is -2.20. The van der Waals surface area contributed by atoms with Gasteiger partial charge < -0.3 is 30.2 Å². The van der Waals surface area contributed by atoms with Crippen LogP contribution in [0.4, 0.5) is 4.79 Å². The van der Waals surface area contributed by atoms with Crippen LogP contribution in [0.15, 0.2) is 60.7 Å². The van der Waals surface area contributed by atoms with E-state index in [0.717, 1.165) is 43.2 Å². The fraction of sp³-hybridized carbons (Fsp3) is 0.500. The van der Waals surface area contributed by atoms with Gasteiger partial charge in [-0.15, -0.1) is 0 Å². The minimum atomic E-state index is -0.952. The van der Waals surface area contributed by atoms with Crippen LogP contribution in [0, 0.1) is 5.92 Å². The Morgan fingerprint density at radius 2 is 1.29 bits per heavy atom. The molecular formula is C32H43N3O7. The third-order valence-electron chi connectivity index (χ3n) is 6.68. The Hall–Kier alpha value is -3.92. The Morgan fingerprint density at radius 1 is 0.738 bits per heavy atom. The molecule has 10 nitrogen and oxygen atoms in total. The zero-order valence-electron chi connectivity index (χ0n) is 24.5. The van der Waals surface area contributed by atoms with Crippen LogP contribution in [0.5, 0.6) is 0 Å². The summed E-state index contributed by atoms with van der Waals surface area (Å²) in [6.07, 6.45) is 2.66. The molecular weight excluding hydrogens is 538 g/mol. The summed E-state index contributed by atoms with van der Waals surface area (Å²) in [7, 11) is 0. The number of unbranched alkanes of at least 4 members (excludes halogenated alkanes) is 4. The highest BCUT2D eigenvalue weighted by Gasteiger charge is 2.52. The van der Waals surface area contributed by atoms with Gasteiger partial charge in [0.05, 0.1) is 0 Å². The first kappa shape index (κ1) is 32.6. The van der Waals surface area contributed by atoms with Gasteiger partial charge in [0.15, 0.2) is 12.2 Å². The molecule has 1 saturated heterocycles. The van der Waals surface area contributed by atoms with E-state index in [0.29, 0.717) is 19.5 Å². The highest BCUT2D eigenvalue weighted by molar-refractivity contribution is 5.95. The maximum absolute atomic E-state index is 12.8. The third-order valence-corrected chi connectivity index (χ3v) is 6.68. The van der Waals surface area contributed by atoms with E-state index in [4.69, 9.17) is 14.2 Å². The molecule has 3 amide bonds. The monoisotopic (exact) mass is 581 g/mol. The van der Waals surface area contributed by atoms with Gasteiger partial charge in [0.1, 0.15) is 19.3 Å². The van der Waals surface area contributed by atoms with Crippen LogP contribution in [0.25, 0.3) is 0 Å². The Balaban J connectivity index is 1.24. The summed E-state index contributed by atoms with van der Waals surface area (Å²) < 4.78 is 15.7. The largest absolute Gasteiger partial charge is 0.459 e. The molecule has 3 rings (SSSR count). The van der Waals surface area contributed by atoms with Crippen molar-refractivity contribution in [3.05, 3.63) is 71.8 Å². The topological polar surface area (TPSA) is 135 Å². The quantitative estimate of drug-likeness (QED) is 0.137. The fourth-order valence-corrected chi connectivity index (χ4v) is 4.34. The van der Waals surface area contributed by atoms with Gasteiger partial charge in [-0.1, -0.05) is 93.8 Å². The van der Waals surface area contributed by atoms with Gasteiger partial charge in [-0.2, -0.15) is 0 Å². The lowest BCUT2D eigenvalue weighted by atomic mass is 10.0. The first-order valence-electron chi connectivity index (χ1n) is 14.7. The van der Waals surface area contributed by atoms with Crippen molar-refractivity contribution >= 4 is 23.9 Å². The first-order chi connectivity index (χ1) is 20.3. The maximum Gasteiger partial charge on any atom is 0.407 e. The van der Waals surface area contributed by atoms with Gasteiger partial charge in [0.2, 0.25) is 5.91 Å². The second-order valence-corrected chi connectivity index (χ2v) is 10.8. The summed E-state index contributed by atoms with van der Waals surface area (Å²) in [5.41, 5.74) is 1.79. The molecule has 3 atom stereocenters. The summed E-state index contributed by atoms with van der Waals surface area (Å²) in [4.78, 5) is 49.5. The molecule has 0 saturated carbocycles. The maximum atomic E-state index is 12.8. The van der Waals surface area contributed by atoms with E-state index in [1.807, 2.05) is 74.5 Å². The van der Waals surface area contributed by atoms with Gasteiger partial charge in [-0.25, -0.2) is 9.59 Å². The van der Waals surface area contributed by atoms with Crippen molar-refractivity contribution in [2.24, 2.45) is 5.92 Å². The molecule has 0 aliphatic carbocycles. The first-order valence-corrected chi connectivity index (χ1v) is 14.7. The number of hydrogen-bond acceptors (Lipinski definition) is 7. The number of hydrogen-bond donors (Lipinski definition) is 3. The van der Waals surface area contributed by atoms with Crippen molar-refractivity contribution in [2.75, 3.05) is 13.1 Å². The molecule has 0 aromatic heterocycles. The highest BCUT2D eigenvalue weighted by Crippen LogP contribution is 2.24. The van der Waals surface area contributed by atoms with E-state index >= 15 is 0 Å². The van der Waals surface area contributed by atoms with Crippen LogP contribution in [0.1, 0.15) is 63.5 Å². The molecule has 0 spiro atoms. The van der Waals surface area contributed by atoms with Crippen molar-refractivity contribution in [1.82, 2.24) is 16.0 Å². The molecule has 0 bridgehead atoms. The average molecular weight is 582 g/mol. The van der Waals surface area contributed by atoms with Gasteiger partial charge in [0.25, 0.3) is 5.91 Å². The van der Waals surface area contributed by atoms with Crippen molar-refractivity contribution in [3.63, 3.8) is 0 Å². The van der Waals surface area contributed by atoms with Crippen LogP contribution >= 0.6 is 0 Å². The van der Waals surface area contributed by atoms with E-state index in [1.54, 1.807) is 0 Å². The summed E-state index contributed by atoms with van der Waals surface area (Å²) in [5, 5.41) is 8.41. The van der Waals surface area contributed by atoms with E-state index in [1.165, 1.54) is 0 Å². The number of nitrogens with one attached hydrogen (secondary N) is 3. The molecule has 1 aliphatic heterocycles. The molecule has 1 fully saturated rings. The molecule has 2 aromatic rings. The van der Waals surface area contributed by atoms with Crippen LogP contribution < -0.4 is 16.0 Å². The van der Waals surface area contributed by atoms with Crippen molar-refractivity contribution in [1.29, 1.82) is 0 Å². The van der Waals surface area contributed by atoms with Gasteiger partial charge in [0, 0.05) is 13.1 Å². The zero-order chi connectivity index (χ0) is 30.2. The predicted molar refractivity (Wildman–Crippen MR) is 157 cm³/mol. The minimum Gasteiger partial charge on any atom is -0.459 e. The lowest BCUT2D eigenvalue weighted by Crippen LogP contribution is -2.49. The third kappa shape index (κ3) is 12.3. The Kier molecular flexibility index (Phi) is 13.8. The molecule has 10 heteroatoms. The number of epoxide rings is 1. The van der Waals surface area contributed by atoms with Crippen LogP contribution in [-0.4, -0.2) is 55.2 Å². The minimum absolute atomic E-state index is 0.104. The van der Waals surface area contributed by atoms with E-state index in [-0.39, 0.29) is 25.0 Å². The molecule has 42 heavy (non-hydrogen) atoms. The van der Waals surface area contributed by atoms with Crippen LogP contribution in [0.2, 0.25) is 0 Å². The van der Waals surface area contributed by atoms with E-state index < -0.39 is 36.2 Å². The number of esters is 1. The average Bonchev–Trinajstić information content (AvgIpc) is 3.80. The van der Waals surface area contributed by atoms with Crippen molar-refractivity contribution < 1.29 is 33.4 Å². The zero-order valence-corrected chi connectivity index (χ0v) is 24.5. The lowest BCUT2D eigenvalue weighted by molar-refractivity contribution is -0.146.